The maximum Gasteiger partial charge on any atom is 0.0163 e. The fraction of sp³-hybridized carbons (Fsp3) is 0.400. The number of hydrogen-bond donors (Lipinski definition) is 0. The molecule has 0 radical (unpaired) electrons. The third-order valence-electron chi connectivity index (χ3n) is 2.25. The first-order valence-corrected chi connectivity index (χ1v) is 4.01. The molecule has 0 aromatic carbocycles. The van der Waals surface area contributed by atoms with Crippen molar-refractivity contribution in [3.05, 3.63) is 36.0 Å². The minimum absolute atomic E-state index is 0.655. The molecule has 0 spiro atoms. The van der Waals surface area contributed by atoms with Crippen LogP contribution in [0.4, 0.5) is 0 Å². The predicted molar refractivity (Wildman–Crippen MR) is 43.7 cm³/mol. The second-order valence-electron chi connectivity index (χ2n) is 2.97. The van der Waals surface area contributed by atoms with Crippen molar-refractivity contribution in [2.75, 3.05) is 0 Å². The van der Waals surface area contributed by atoms with Gasteiger partial charge in [0, 0.05) is 5.92 Å². The van der Waals surface area contributed by atoms with Gasteiger partial charge in [0.2, 0.25) is 0 Å². The van der Waals surface area contributed by atoms with Crippen molar-refractivity contribution >= 4 is 0 Å². The Morgan fingerprint density at radius 2 is 2.00 bits per heavy atom. The first kappa shape index (κ1) is 5.96. The van der Waals surface area contributed by atoms with E-state index in [4.69, 9.17) is 0 Å². The average Bonchev–Trinajstić information content (AvgIpc) is 2.59. The maximum atomic E-state index is 2.39. The van der Waals surface area contributed by atoms with Crippen LogP contribution in [-0.2, 0) is 0 Å². The van der Waals surface area contributed by atoms with Gasteiger partial charge in [0.25, 0.3) is 0 Å². The molecule has 0 aromatic rings. The van der Waals surface area contributed by atoms with Crippen LogP contribution in [0.2, 0.25) is 0 Å². The summed E-state index contributed by atoms with van der Waals surface area (Å²) in [6.07, 6.45) is 15.2. The Kier molecular flexibility index (Phi) is 1.46. The summed E-state index contributed by atoms with van der Waals surface area (Å²) < 4.78 is 0. The van der Waals surface area contributed by atoms with Crippen LogP contribution in [0.3, 0.4) is 0 Å². The molecule has 0 heteroatoms. The second-order valence-corrected chi connectivity index (χ2v) is 2.97. The molecular formula is C10H12. The molecule has 0 saturated carbocycles. The topological polar surface area (TPSA) is 0 Å². The van der Waals surface area contributed by atoms with Crippen molar-refractivity contribution in [3.63, 3.8) is 0 Å². The summed E-state index contributed by atoms with van der Waals surface area (Å²) in [6, 6.07) is 0. The largest absolute Gasteiger partial charge is 0.0844 e. The Balaban J connectivity index is 2.11. The molecule has 2 aliphatic rings. The van der Waals surface area contributed by atoms with Crippen molar-refractivity contribution in [3.8, 4) is 0 Å². The summed E-state index contributed by atoms with van der Waals surface area (Å²) in [5.41, 5.74) is 1.63. The molecule has 0 nitrogen and oxygen atoms in total. The van der Waals surface area contributed by atoms with Gasteiger partial charge in [-0.05, 0) is 19.3 Å². The smallest absolute Gasteiger partial charge is 0.0163 e. The van der Waals surface area contributed by atoms with E-state index in [1.165, 1.54) is 19.3 Å². The highest BCUT2D eigenvalue weighted by Crippen LogP contribution is 2.28. The van der Waals surface area contributed by atoms with Crippen LogP contribution in [-0.4, -0.2) is 0 Å². The molecule has 0 unspecified atom stereocenters. The summed E-state index contributed by atoms with van der Waals surface area (Å²) in [7, 11) is 0. The molecule has 52 valence electrons. The van der Waals surface area contributed by atoms with Crippen molar-refractivity contribution in [2.24, 2.45) is 5.92 Å². The predicted octanol–water partition coefficient (Wildman–Crippen LogP) is 2.84. The highest BCUT2D eigenvalue weighted by atomic mass is 14.2. The molecule has 0 atom stereocenters. The van der Waals surface area contributed by atoms with E-state index in [9.17, 15) is 0 Å². The summed E-state index contributed by atoms with van der Waals surface area (Å²) >= 11 is 0. The highest BCUT2D eigenvalue weighted by molar-refractivity contribution is 5.29. The van der Waals surface area contributed by atoms with Gasteiger partial charge < -0.3 is 0 Å². The SMILES string of the molecule is C1=CC(C2=CCCC2)C=C1. The van der Waals surface area contributed by atoms with Gasteiger partial charge in [-0.15, -0.1) is 0 Å². The third kappa shape index (κ3) is 0.942. The molecule has 0 bridgehead atoms. The van der Waals surface area contributed by atoms with Gasteiger partial charge >= 0.3 is 0 Å². The second kappa shape index (κ2) is 2.45. The summed E-state index contributed by atoms with van der Waals surface area (Å²) in [5, 5.41) is 0. The number of hydrogen-bond acceptors (Lipinski definition) is 0. The standard InChI is InChI=1S/C10H12/c1-2-6-9(5-1)10-7-3-4-8-10/h1-2,5-7,9H,3-4,8H2. The van der Waals surface area contributed by atoms with Gasteiger partial charge in [-0.25, -0.2) is 0 Å². The van der Waals surface area contributed by atoms with Crippen LogP contribution in [0.5, 0.6) is 0 Å². The molecule has 10 heavy (non-hydrogen) atoms. The van der Waals surface area contributed by atoms with E-state index < -0.39 is 0 Å². The molecule has 0 N–H and O–H groups in total. The van der Waals surface area contributed by atoms with Crippen LogP contribution in [0.1, 0.15) is 19.3 Å². The normalized spacial score (nSPS) is 24.2. The van der Waals surface area contributed by atoms with Crippen LogP contribution < -0.4 is 0 Å². The van der Waals surface area contributed by atoms with E-state index >= 15 is 0 Å². The summed E-state index contributed by atoms with van der Waals surface area (Å²) in [4.78, 5) is 0. The van der Waals surface area contributed by atoms with Gasteiger partial charge in [-0.1, -0.05) is 36.0 Å². The van der Waals surface area contributed by atoms with Crippen LogP contribution >= 0.6 is 0 Å². The molecule has 0 aromatic heterocycles. The monoisotopic (exact) mass is 132 g/mol. The van der Waals surface area contributed by atoms with E-state index in [0.717, 1.165) is 0 Å². The van der Waals surface area contributed by atoms with Crippen molar-refractivity contribution in [1.82, 2.24) is 0 Å². The van der Waals surface area contributed by atoms with E-state index in [-0.39, 0.29) is 0 Å². The molecular weight excluding hydrogens is 120 g/mol. The van der Waals surface area contributed by atoms with E-state index in [1.807, 2.05) is 0 Å². The van der Waals surface area contributed by atoms with E-state index in [1.54, 1.807) is 5.57 Å². The Morgan fingerprint density at radius 3 is 2.60 bits per heavy atom. The summed E-state index contributed by atoms with van der Waals surface area (Å²) in [6.45, 7) is 0. The maximum absolute atomic E-state index is 2.39. The lowest BCUT2D eigenvalue weighted by atomic mass is 10.0. The third-order valence-corrected chi connectivity index (χ3v) is 2.25. The van der Waals surface area contributed by atoms with Crippen molar-refractivity contribution in [2.45, 2.75) is 19.3 Å². The van der Waals surface area contributed by atoms with Gasteiger partial charge in [0.05, 0.1) is 0 Å². The molecule has 0 heterocycles. The lowest BCUT2D eigenvalue weighted by Gasteiger charge is -2.04. The van der Waals surface area contributed by atoms with Gasteiger partial charge in [-0.3, -0.25) is 0 Å². The lowest BCUT2D eigenvalue weighted by Crippen LogP contribution is -1.90. The average molecular weight is 132 g/mol. The Bertz CT molecular complexity index is 194. The zero-order valence-electron chi connectivity index (χ0n) is 6.09. The van der Waals surface area contributed by atoms with Crippen LogP contribution in [0, 0.1) is 5.92 Å². The fourth-order valence-corrected chi connectivity index (χ4v) is 1.68. The zero-order valence-corrected chi connectivity index (χ0v) is 6.09. The molecule has 2 aliphatic carbocycles. The van der Waals surface area contributed by atoms with Gasteiger partial charge in [0.15, 0.2) is 0 Å². The fourth-order valence-electron chi connectivity index (χ4n) is 1.68. The Labute approximate surface area is 61.9 Å². The Morgan fingerprint density at radius 1 is 1.20 bits per heavy atom. The Hall–Kier alpha value is -0.780. The quantitative estimate of drug-likeness (QED) is 0.481. The van der Waals surface area contributed by atoms with Crippen LogP contribution in [0.15, 0.2) is 36.0 Å². The van der Waals surface area contributed by atoms with Crippen molar-refractivity contribution < 1.29 is 0 Å². The lowest BCUT2D eigenvalue weighted by molar-refractivity contribution is 0.846. The molecule has 0 amide bonds. The van der Waals surface area contributed by atoms with E-state index in [2.05, 4.69) is 30.4 Å². The first-order chi connectivity index (χ1) is 4.97. The molecule has 2 rings (SSSR count). The van der Waals surface area contributed by atoms with E-state index in [0.29, 0.717) is 5.92 Å². The molecule has 0 saturated heterocycles. The first-order valence-electron chi connectivity index (χ1n) is 4.01. The highest BCUT2D eigenvalue weighted by Gasteiger charge is 2.12. The zero-order chi connectivity index (χ0) is 6.81. The minimum atomic E-state index is 0.655. The van der Waals surface area contributed by atoms with Crippen LogP contribution in [0.25, 0.3) is 0 Å². The van der Waals surface area contributed by atoms with Crippen molar-refractivity contribution in [1.29, 1.82) is 0 Å². The number of rotatable bonds is 1. The van der Waals surface area contributed by atoms with Gasteiger partial charge in [0.1, 0.15) is 0 Å². The molecule has 0 aliphatic heterocycles. The number of allylic oxidation sites excluding steroid dienone is 6. The minimum Gasteiger partial charge on any atom is -0.0844 e. The van der Waals surface area contributed by atoms with Gasteiger partial charge in [-0.2, -0.15) is 0 Å². The summed E-state index contributed by atoms with van der Waals surface area (Å²) in [5.74, 6) is 0.655. The molecule has 0 fully saturated rings.